The maximum atomic E-state index is 13.6. The summed E-state index contributed by atoms with van der Waals surface area (Å²) >= 11 is 0. The Bertz CT molecular complexity index is 773. The van der Waals surface area contributed by atoms with Gasteiger partial charge in [-0.3, -0.25) is 4.79 Å². The molecule has 0 unspecified atom stereocenters. The third-order valence-electron chi connectivity index (χ3n) is 5.02. The molecule has 2 aromatic rings. The molecule has 138 valence electrons. The van der Waals surface area contributed by atoms with Crippen LogP contribution in [-0.4, -0.2) is 18.1 Å². The second-order valence-corrected chi connectivity index (χ2v) is 6.57. The molecule has 0 saturated heterocycles. The maximum absolute atomic E-state index is 13.6. The lowest BCUT2D eigenvalue weighted by molar-refractivity contribution is -0.124. The van der Waals surface area contributed by atoms with Crippen LogP contribution in [0.4, 0.5) is 4.39 Å². The van der Waals surface area contributed by atoms with E-state index in [0.29, 0.717) is 6.42 Å². The molecule has 1 amide bonds. The molecule has 1 N–H and O–H groups in total. The quantitative estimate of drug-likeness (QED) is 0.833. The Kier molecular flexibility index (Phi) is 5.45. The van der Waals surface area contributed by atoms with Gasteiger partial charge in [0.15, 0.2) is 18.2 Å². The van der Waals surface area contributed by atoms with Crippen molar-refractivity contribution in [3.05, 3.63) is 59.9 Å². The van der Waals surface area contributed by atoms with Gasteiger partial charge in [0.05, 0.1) is 6.04 Å². The molecule has 0 aliphatic carbocycles. The minimum atomic E-state index is -0.479. The summed E-state index contributed by atoms with van der Waals surface area (Å²) in [4.78, 5) is 12.4. The van der Waals surface area contributed by atoms with E-state index in [1.54, 1.807) is 12.1 Å². The Hall–Kier alpha value is -2.56. The van der Waals surface area contributed by atoms with Gasteiger partial charge < -0.3 is 14.8 Å². The highest BCUT2D eigenvalue weighted by Crippen LogP contribution is 2.42. The van der Waals surface area contributed by atoms with Crippen molar-refractivity contribution in [1.29, 1.82) is 0 Å². The van der Waals surface area contributed by atoms with Crippen molar-refractivity contribution >= 4 is 5.91 Å². The number of carbonyl (C=O) groups is 1. The number of amides is 1. The monoisotopic (exact) mass is 357 g/mol. The zero-order valence-electron chi connectivity index (χ0n) is 15.1. The minimum Gasteiger partial charge on any atom is -0.487 e. The summed E-state index contributed by atoms with van der Waals surface area (Å²) in [5.74, 6) is 0.123. The Morgan fingerprint density at radius 1 is 1.19 bits per heavy atom. The number of benzene rings is 2. The standard InChI is InChI=1S/C21H24FNO3/c1-3-21(4-2)13-17(15-9-5-7-11-18(15)26-21)23-20(24)14-25-19-12-8-6-10-16(19)22/h5-12,17H,3-4,13-14H2,1-2H3,(H,23,24)/t17-/m0/s1. The molecule has 0 spiro atoms. The number of hydrogen-bond donors (Lipinski definition) is 1. The molecule has 0 saturated carbocycles. The predicted molar refractivity (Wildman–Crippen MR) is 97.8 cm³/mol. The largest absolute Gasteiger partial charge is 0.487 e. The smallest absolute Gasteiger partial charge is 0.258 e. The molecule has 1 atom stereocenters. The highest BCUT2D eigenvalue weighted by molar-refractivity contribution is 5.78. The van der Waals surface area contributed by atoms with Crippen LogP contribution in [0, 0.1) is 5.82 Å². The molecular weight excluding hydrogens is 333 g/mol. The van der Waals surface area contributed by atoms with E-state index in [9.17, 15) is 9.18 Å². The Morgan fingerprint density at radius 2 is 1.88 bits per heavy atom. The molecule has 0 fully saturated rings. The van der Waals surface area contributed by atoms with Gasteiger partial charge in [0.1, 0.15) is 11.4 Å². The van der Waals surface area contributed by atoms with Crippen LogP contribution in [0.25, 0.3) is 0 Å². The normalized spacial score (nSPS) is 17.7. The zero-order chi connectivity index (χ0) is 18.6. The van der Waals surface area contributed by atoms with Gasteiger partial charge in [0.2, 0.25) is 0 Å². The van der Waals surface area contributed by atoms with Crippen LogP contribution in [0.3, 0.4) is 0 Å². The van der Waals surface area contributed by atoms with E-state index in [-0.39, 0.29) is 29.9 Å². The topological polar surface area (TPSA) is 47.6 Å². The highest BCUT2D eigenvalue weighted by Gasteiger charge is 2.38. The molecular formula is C21H24FNO3. The molecule has 0 aromatic heterocycles. The molecule has 1 aliphatic heterocycles. The SMILES string of the molecule is CCC1(CC)C[C@H](NC(=O)COc2ccccc2F)c2ccccc2O1. The number of nitrogens with one attached hydrogen (secondary N) is 1. The summed E-state index contributed by atoms with van der Waals surface area (Å²) in [6, 6.07) is 13.7. The fourth-order valence-electron chi connectivity index (χ4n) is 3.37. The van der Waals surface area contributed by atoms with E-state index < -0.39 is 5.82 Å². The summed E-state index contributed by atoms with van der Waals surface area (Å²) in [7, 11) is 0. The van der Waals surface area contributed by atoms with Crippen molar-refractivity contribution in [2.45, 2.75) is 44.8 Å². The average Bonchev–Trinajstić information content (AvgIpc) is 2.67. The summed E-state index contributed by atoms with van der Waals surface area (Å²) in [5.41, 5.74) is 0.669. The molecule has 3 rings (SSSR count). The van der Waals surface area contributed by atoms with Crippen LogP contribution in [-0.2, 0) is 4.79 Å². The number of carbonyl (C=O) groups excluding carboxylic acids is 1. The number of para-hydroxylation sites is 2. The predicted octanol–water partition coefficient (Wildman–Crippen LogP) is 4.40. The van der Waals surface area contributed by atoms with Gasteiger partial charge in [-0.2, -0.15) is 0 Å². The molecule has 1 aliphatic rings. The maximum Gasteiger partial charge on any atom is 0.258 e. The molecule has 1 heterocycles. The number of hydrogen-bond acceptors (Lipinski definition) is 3. The van der Waals surface area contributed by atoms with Crippen molar-refractivity contribution in [3.8, 4) is 11.5 Å². The Labute approximate surface area is 153 Å². The van der Waals surface area contributed by atoms with Crippen molar-refractivity contribution in [2.24, 2.45) is 0 Å². The van der Waals surface area contributed by atoms with Crippen LogP contribution in [0.5, 0.6) is 11.5 Å². The van der Waals surface area contributed by atoms with Crippen molar-refractivity contribution < 1.29 is 18.7 Å². The first-order valence-corrected chi connectivity index (χ1v) is 9.01. The minimum absolute atomic E-state index is 0.0755. The second-order valence-electron chi connectivity index (χ2n) is 6.57. The lowest BCUT2D eigenvalue weighted by Gasteiger charge is -2.41. The average molecular weight is 357 g/mol. The highest BCUT2D eigenvalue weighted by atomic mass is 19.1. The third kappa shape index (κ3) is 3.82. The second kappa shape index (κ2) is 7.77. The van der Waals surface area contributed by atoms with Crippen molar-refractivity contribution in [2.75, 3.05) is 6.61 Å². The lowest BCUT2D eigenvalue weighted by atomic mass is 9.83. The summed E-state index contributed by atoms with van der Waals surface area (Å²) in [6.45, 7) is 3.96. The Morgan fingerprint density at radius 3 is 2.62 bits per heavy atom. The van der Waals surface area contributed by atoms with E-state index in [4.69, 9.17) is 9.47 Å². The number of halogens is 1. The Balaban J connectivity index is 1.71. The first kappa shape index (κ1) is 18.2. The van der Waals surface area contributed by atoms with Gasteiger partial charge in [-0.15, -0.1) is 0 Å². The summed E-state index contributed by atoms with van der Waals surface area (Å²) in [5, 5.41) is 3.02. The fraction of sp³-hybridized carbons (Fsp3) is 0.381. The van der Waals surface area contributed by atoms with Gasteiger partial charge in [0.25, 0.3) is 5.91 Å². The molecule has 0 bridgehead atoms. The molecule has 5 heteroatoms. The third-order valence-corrected chi connectivity index (χ3v) is 5.02. The first-order valence-electron chi connectivity index (χ1n) is 9.01. The van der Waals surface area contributed by atoms with E-state index in [1.807, 2.05) is 24.3 Å². The van der Waals surface area contributed by atoms with E-state index >= 15 is 0 Å². The first-order chi connectivity index (χ1) is 12.6. The van der Waals surface area contributed by atoms with Gasteiger partial charge in [0, 0.05) is 12.0 Å². The van der Waals surface area contributed by atoms with Gasteiger partial charge in [-0.25, -0.2) is 4.39 Å². The molecule has 26 heavy (non-hydrogen) atoms. The lowest BCUT2D eigenvalue weighted by Crippen LogP contribution is -2.45. The van der Waals surface area contributed by atoms with Crippen LogP contribution in [0.1, 0.15) is 44.7 Å². The van der Waals surface area contributed by atoms with Crippen LogP contribution in [0.2, 0.25) is 0 Å². The van der Waals surface area contributed by atoms with E-state index in [0.717, 1.165) is 24.2 Å². The van der Waals surface area contributed by atoms with E-state index in [2.05, 4.69) is 19.2 Å². The fourth-order valence-corrected chi connectivity index (χ4v) is 3.37. The molecule has 4 nitrogen and oxygen atoms in total. The number of rotatable bonds is 6. The van der Waals surface area contributed by atoms with E-state index in [1.165, 1.54) is 12.1 Å². The summed E-state index contributed by atoms with van der Waals surface area (Å²) < 4.78 is 25.2. The van der Waals surface area contributed by atoms with Crippen molar-refractivity contribution in [1.82, 2.24) is 5.32 Å². The number of ether oxygens (including phenoxy) is 2. The van der Waals surface area contributed by atoms with Gasteiger partial charge in [-0.1, -0.05) is 44.2 Å². The van der Waals surface area contributed by atoms with Crippen LogP contribution in [0.15, 0.2) is 48.5 Å². The molecule has 0 radical (unpaired) electrons. The van der Waals surface area contributed by atoms with Gasteiger partial charge in [-0.05, 0) is 31.0 Å². The van der Waals surface area contributed by atoms with Crippen LogP contribution < -0.4 is 14.8 Å². The summed E-state index contributed by atoms with van der Waals surface area (Å²) in [6.07, 6.45) is 2.41. The van der Waals surface area contributed by atoms with Gasteiger partial charge >= 0.3 is 0 Å². The van der Waals surface area contributed by atoms with Crippen molar-refractivity contribution in [3.63, 3.8) is 0 Å². The van der Waals surface area contributed by atoms with Crippen LogP contribution >= 0.6 is 0 Å². The molecule has 2 aromatic carbocycles. The number of fused-ring (bicyclic) bond motifs is 1. The zero-order valence-corrected chi connectivity index (χ0v) is 15.1.